The maximum atomic E-state index is 12.0. The zero-order chi connectivity index (χ0) is 14.7. The molecule has 0 aromatic rings. The highest BCUT2D eigenvalue weighted by Crippen LogP contribution is 2.21. The van der Waals surface area contributed by atoms with Crippen LogP contribution < -0.4 is 5.32 Å². The van der Waals surface area contributed by atoms with E-state index in [0.717, 1.165) is 6.42 Å². The summed E-state index contributed by atoms with van der Waals surface area (Å²) in [5.41, 5.74) is -1.16. The minimum atomic E-state index is -0.677. The fraction of sp³-hybridized carbons (Fsp3) is 0.857. The monoisotopic (exact) mass is 270 g/mol. The van der Waals surface area contributed by atoms with Gasteiger partial charge in [0.15, 0.2) is 0 Å². The van der Waals surface area contributed by atoms with Gasteiger partial charge in [-0.3, -0.25) is 9.59 Å². The van der Waals surface area contributed by atoms with Crippen LogP contribution >= 0.6 is 0 Å². The predicted octanol–water partition coefficient (Wildman–Crippen LogP) is 0.912. The number of aliphatic hydroxyl groups is 1. The Balaban J connectivity index is 2.44. The second-order valence-electron chi connectivity index (χ2n) is 6.66. The first-order valence-corrected chi connectivity index (χ1v) is 6.90. The Kier molecular flexibility index (Phi) is 4.96. The van der Waals surface area contributed by atoms with E-state index in [1.165, 1.54) is 0 Å². The number of hydrogen-bond acceptors (Lipinski definition) is 3. The highest BCUT2D eigenvalue weighted by atomic mass is 16.3. The van der Waals surface area contributed by atoms with Gasteiger partial charge in [-0.2, -0.15) is 0 Å². The Morgan fingerprint density at radius 2 is 1.89 bits per heavy atom. The van der Waals surface area contributed by atoms with Gasteiger partial charge >= 0.3 is 0 Å². The Labute approximate surface area is 115 Å². The van der Waals surface area contributed by atoms with E-state index < -0.39 is 11.0 Å². The summed E-state index contributed by atoms with van der Waals surface area (Å²) in [4.78, 5) is 25.5. The van der Waals surface area contributed by atoms with E-state index in [1.807, 2.05) is 27.7 Å². The summed E-state index contributed by atoms with van der Waals surface area (Å²) in [6.45, 7) is 8.50. The fourth-order valence-corrected chi connectivity index (χ4v) is 2.05. The first-order valence-electron chi connectivity index (χ1n) is 6.90. The molecule has 0 spiro atoms. The lowest BCUT2D eigenvalue weighted by molar-refractivity contribution is -0.135. The number of nitrogens with one attached hydrogen (secondary N) is 1. The third-order valence-corrected chi connectivity index (χ3v) is 3.50. The van der Waals surface area contributed by atoms with E-state index >= 15 is 0 Å². The van der Waals surface area contributed by atoms with Crippen molar-refractivity contribution in [1.29, 1.82) is 0 Å². The third kappa shape index (κ3) is 5.19. The molecule has 0 aromatic heterocycles. The number of nitrogens with zero attached hydrogens (tertiary/aromatic N) is 1. The van der Waals surface area contributed by atoms with Crippen LogP contribution in [-0.4, -0.2) is 47.1 Å². The van der Waals surface area contributed by atoms with Crippen molar-refractivity contribution in [3.05, 3.63) is 0 Å². The van der Waals surface area contributed by atoms with Crippen LogP contribution in [0.25, 0.3) is 0 Å². The maximum absolute atomic E-state index is 12.0. The molecule has 0 radical (unpaired) electrons. The van der Waals surface area contributed by atoms with Crippen LogP contribution in [0.15, 0.2) is 0 Å². The van der Waals surface area contributed by atoms with Crippen LogP contribution in [0.5, 0.6) is 0 Å². The van der Waals surface area contributed by atoms with Gasteiger partial charge in [0.25, 0.3) is 0 Å². The summed E-state index contributed by atoms with van der Waals surface area (Å²) in [7, 11) is 0. The molecule has 1 unspecified atom stereocenters. The topological polar surface area (TPSA) is 69.6 Å². The summed E-state index contributed by atoms with van der Waals surface area (Å²) in [6, 6.07) is 0. The van der Waals surface area contributed by atoms with Gasteiger partial charge in [-0.15, -0.1) is 0 Å². The van der Waals surface area contributed by atoms with E-state index in [1.54, 1.807) is 4.90 Å². The van der Waals surface area contributed by atoms with Crippen molar-refractivity contribution < 1.29 is 14.7 Å². The van der Waals surface area contributed by atoms with Gasteiger partial charge in [0.1, 0.15) is 0 Å². The maximum Gasteiger partial charge on any atom is 0.241 e. The van der Waals surface area contributed by atoms with Crippen LogP contribution in [0.3, 0.4) is 0 Å². The SMILES string of the molecule is CC1(O)CCCN(C(=O)CNC(=O)C(C)(C)C)CC1. The van der Waals surface area contributed by atoms with Gasteiger partial charge in [0.2, 0.25) is 11.8 Å². The smallest absolute Gasteiger partial charge is 0.241 e. The zero-order valence-corrected chi connectivity index (χ0v) is 12.5. The molecule has 0 saturated carbocycles. The molecule has 0 bridgehead atoms. The number of rotatable bonds is 2. The van der Waals surface area contributed by atoms with Crippen molar-refractivity contribution in [2.24, 2.45) is 5.41 Å². The molecule has 1 atom stereocenters. The summed E-state index contributed by atoms with van der Waals surface area (Å²) in [5, 5.41) is 12.6. The van der Waals surface area contributed by atoms with Crippen molar-refractivity contribution in [1.82, 2.24) is 10.2 Å². The Morgan fingerprint density at radius 1 is 1.26 bits per heavy atom. The molecule has 5 nitrogen and oxygen atoms in total. The molecule has 1 aliphatic rings. The lowest BCUT2D eigenvalue weighted by atomic mass is 9.96. The van der Waals surface area contributed by atoms with E-state index in [2.05, 4.69) is 5.32 Å². The minimum absolute atomic E-state index is 0.0399. The fourth-order valence-electron chi connectivity index (χ4n) is 2.05. The number of hydrogen-bond donors (Lipinski definition) is 2. The molecule has 2 N–H and O–H groups in total. The van der Waals surface area contributed by atoms with Crippen LogP contribution in [0.1, 0.15) is 47.0 Å². The minimum Gasteiger partial charge on any atom is -0.390 e. The van der Waals surface area contributed by atoms with Gasteiger partial charge < -0.3 is 15.3 Å². The molecule has 2 amide bonds. The van der Waals surface area contributed by atoms with E-state index in [4.69, 9.17) is 0 Å². The first-order chi connectivity index (χ1) is 8.62. The van der Waals surface area contributed by atoms with Crippen molar-refractivity contribution in [2.75, 3.05) is 19.6 Å². The van der Waals surface area contributed by atoms with Gasteiger partial charge in [-0.05, 0) is 26.2 Å². The number of amides is 2. The first kappa shape index (κ1) is 16.0. The van der Waals surface area contributed by atoms with Gasteiger partial charge in [-0.25, -0.2) is 0 Å². The average Bonchev–Trinajstić information content (AvgIpc) is 2.45. The normalized spacial score (nSPS) is 24.8. The predicted molar refractivity (Wildman–Crippen MR) is 73.5 cm³/mol. The van der Waals surface area contributed by atoms with E-state index in [9.17, 15) is 14.7 Å². The molecule has 0 aromatic carbocycles. The molecule has 110 valence electrons. The molecule has 5 heteroatoms. The summed E-state index contributed by atoms with van der Waals surface area (Å²) in [5.74, 6) is -0.196. The molecule has 1 rings (SSSR count). The molecule has 1 aliphatic heterocycles. The van der Waals surface area contributed by atoms with Gasteiger partial charge in [0, 0.05) is 18.5 Å². The van der Waals surface area contributed by atoms with Crippen molar-refractivity contribution in [3.8, 4) is 0 Å². The Hall–Kier alpha value is -1.10. The van der Waals surface area contributed by atoms with E-state index in [-0.39, 0.29) is 18.4 Å². The number of carbonyl (C=O) groups excluding carboxylic acids is 2. The van der Waals surface area contributed by atoms with Crippen molar-refractivity contribution in [3.63, 3.8) is 0 Å². The summed E-state index contributed by atoms with van der Waals surface area (Å²) < 4.78 is 0. The second-order valence-corrected chi connectivity index (χ2v) is 6.66. The largest absolute Gasteiger partial charge is 0.390 e. The van der Waals surface area contributed by atoms with Crippen molar-refractivity contribution in [2.45, 2.75) is 52.6 Å². The third-order valence-electron chi connectivity index (χ3n) is 3.50. The van der Waals surface area contributed by atoms with E-state index in [0.29, 0.717) is 25.9 Å². The van der Waals surface area contributed by atoms with Gasteiger partial charge in [-0.1, -0.05) is 20.8 Å². The van der Waals surface area contributed by atoms with Crippen molar-refractivity contribution >= 4 is 11.8 Å². The quantitative estimate of drug-likeness (QED) is 0.783. The number of likely N-dealkylation sites (tertiary alicyclic amines) is 1. The molecule has 0 aliphatic carbocycles. The highest BCUT2D eigenvalue weighted by molar-refractivity contribution is 5.87. The van der Waals surface area contributed by atoms with Crippen LogP contribution in [-0.2, 0) is 9.59 Å². The lowest BCUT2D eigenvalue weighted by Crippen LogP contribution is -2.44. The zero-order valence-electron chi connectivity index (χ0n) is 12.5. The van der Waals surface area contributed by atoms with Crippen LogP contribution in [0, 0.1) is 5.41 Å². The number of carbonyl (C=O) groups is 2. The Bertz CT molecular complexity index is 345. The molecule has 1 saturated heterocycles. The summed E-state index contributed by atoms with van der Waals surface area (Å²) in [6.07, 6.45) is 2.10. The average molecular weight is 270 g/mol. The standard InChI is InChI=1S/C14H26N2O3/c1-13(2,3)12(18)15-10-11(17)16-8-5-6-14(4,19)7-9-16/h19H,5-10H2,1-4H3,(H,15,18). The highest BCUT2D eigenvalue weighted by Gasteiger charge is 2.27. The lowest BCUT2D eigenvalue weighted by Gasteiger charge is -2.23. The van der Waals surface area contributed by atoms with Crippen LogP contribution in [0.4, 0.5) is 0 Å². The molecule has 19 heavy (non-hydrogen) atoms. The molecule has 1 heterocycles. The van der Waals surface area contributed by atoms with Gasteiger partial charge in [0.05, 0.1) is 12.1 Å². The molecular weight excluding hydrogens is 244 g/mol. The molecular formula is C14H26N2O3. The molecule has 1 fully saturated rings. The van der Waals surface area contributed by atoms with Crippen LogP contribution in [0.2, 0.25) is 0 Å². The second kappa shape index (κ2) is 5.90. The summed E-state index contributed by atoms with van der Waals surface area (Å²) >= 11 is 0. The Morgan fingerprint density at radius 3 is 2.47 bits per heavy atom.